The van der Waals surface area contributed by atoms with E-state index in [1.165, 1.54) is 0 Å². The summed E-state index contributed by atoms with van der Waals surface area (Å²) in [6.07, 6.45) is 0.745. The molecular weight excluding hydrogens is 418 g/mol. The highest BCUT2D eigenvalue weighted by atomic mass is 35.5. The fourth-order valence-electron chi connectivity index (χ4n) is 3.41. The van der Waals surface area contributed by atoms with E-state index >= 15 is 0 Å². The number of fused-ring (bicyclic) bond motifs is 1. The Morgan fingerprint density at radius 2 is 1.94 bits per heavy atom. The Balaban J connectivity index is 1.61. The van der Waals surface area contributed by atoms with Gasteiger partial charge in [0.05, 0.1) is 11.5 Å². The average molecular weight is 438 g/mol. The number of hydrogen-bond acceptors (Lipinski definition) is 5. The summed E-state index contributed by atoms with van der Waals surface area (Å²) in [4.78, 5) is 44.8. The van der Waals surface area contributed by atoms with Crippen molar-refractivity contribution in [3.63, 3.8) is 0 Å². The lowest BCUT2D eigenvalue weighted by atomic mass is 9.92. The van der Waals surface area contributed by atoms with Crippen molar-refractivity contribution in [3.05, 3.63) is 75.0 Å². The third kappa shape index (κ3) is 4.59. The number of H-pyrrole nitrogens is 1. The Morgan fingerprint density at radius 1 is 1.16 bits per heavy atom. The number of carbonyl (C=O) groups excluding carboxylic acids is 2. The van der Waals surface area contributed by atoms with E-state index in [1.54, 1.807) is 36.4 Å². The summed E-state index contributed by atoms with van der Waals surface area (Å²) in [7, 11) is 0. The average Bonchev–Trinajstić information content (AvgIpc) is 2.73. The summed E-state index contributed by atoms with van der Waals surface area (Å²) in [5.41, 5.74) is 1.97. The molecule has 2 heterocycles. The van der Waals surface area contributed by atoms with Gasteiger partial charge in [0.25, 0.3) is 5.56 Å². The molecule has 4 N–H and O–H groups in total. The Kier molecular flexibility index (Phi) is 5.73. The number of nitrogens with one attached hydrogen (secondary N) is 4. The monoisotopic (exact) mass is 437 g/mol. The minimum absolute atomic E-state index is 0.0611. The molecular formula is C22H20ClN5O3. The largest absolute Gasteiger partial charge is 0.326 e. The maximum Gasteiger partial charge on any atom is 0.258 e. The smallest absolute Gasteiger partial charge is 0.258 e. The fraction of sp³-hybridized carbons (Fsp3) is 0.182. The van der Waals surface area contributed by atoms with Gasteiger partial charge < -0.3 is 16.0 Å². The number of rotatable bonds is 5. The van der Waals surface area contributed by atoms with E-state index in [9.17, 15) is 14.4 Å². The van der Waals surface area contributed by atoms with Crippen LogP contribution >= 0.6 is 11.6 Å². The van der Waals surface area contributed by atoms with Crippen molar-refractivity contribution in [1.29, 1.82) is 0 Å². The first-order valence-corrected chi connectivity index (χ1v) is 10.2. The predicted molar refractivity (Wildman–Crippen MR) is 120 cm³/mol. The summed E-state index contributed by atoms with van der Waals surface area (Å²) in [6.45, 7) is 2.04. The van der Waals surface area contributed by atoms with Crippen molar-refractivity contribution in [2.24, 2.45) is 0 Å². The van der Waals surface area contributed by atoms with Gasteiger partial charge in [-0.15, -0.1) is 0 Å². The van der Waals surface area contributed by atoms with Gasteiger partial charge in [-0.1, -0.05) is 36.7 Å². The molecule has 0 radical (unpaired) electrons. The molecule has 158 valence electrons. The highest BCUT2D eigenvalue weighted by Gasteiger charge is 2.34. The topological polar surface area (TPSA) is 116 Å². The first-order valence-electron chi connectivity index (χ1n) is 9.79. The van der Waals surface area contributed by atoms with E-state index in [2.05, 4.69) is 25.9 Å². The minimum Gasteiger partial charge on any atom is -0.326 e. The quantitative estimate of drug-likeness (QED) is 0.484. The normalized spacial score (nSPS) is 15.0. The first kappa shape index (κ1) is 20.6. The van der Waals surface area contributed by atoms with Crippen LogP contribution in [0.25, 0.3) is 0 Å². The van der Waals surface area contributed by atoms with Crippen LogP contribution in [0.5, 0.6) is 0 Å². The molecule has 31 heavy (non-hydrogen) atoms. The van der Waals surface area contributed by atoms with E-state index in [-0.39, 0.29) is 29.7 Å². The van der Waals surface area contributed by atoms with Gasteiger partial charge in [-0.25, -0.2) is 0 Å². The molecule has 1 aromatic heterocycles. The van der Waals surface area contributed by atoms with Crippen molar-refractivity contribution in [1.82, 2.24) is 9.97 Å². The Bertz CT molecular complexity index is 1210. The summed E-state index contributed by atoms with van der Waals surface area (Å²) in [5.74, 6) is -1.59. The van der Waals surface area contributed by atoms with Gasteiger partial charge in [0.15, 0.2) is 0 Å². The molecule has 0 aliphatic carbocycles. The molecule has 3 aromatic rings. The van der Waals surface area contributed by atoms with Crippen LogP contribution in [0.1, 0.15) is 30.4 Å². The first-order chi connectivity index (χ1) is 14.9. The fourth-order valence-corrected chi connectivity index (χ4v) is 3.60. The SMILES string of the molecule is CCc1ccc(NC(=O)C2CC(=O)Nc3nc(Nc4cccc(Cl)c4)[nH]c(=O)c32)cc1. The lowest BCUT2D eigenvalue weighted by Gasteiger charge is -2.23. The van der Waals surface area contributed by atoms with Gasteiger partial charge in [-0.2, -0.15) is 4.98 Å². The van der Waals surface area contributed by atoms with Crippen molar-refractivity contribution in [3.8, 4) is 0 Å². The van der Waals surface area contributed by atoms with Crippen molar-refractivity contribution < 1.29 is 9.59 Å². The molecule has 8 nitrogen and oxygen atoms in total. The zero-order valence-electron chi connectivity index (χ0n) is 16.7. The molecule has 1 unspecified atom stereocenters. The van der Waals surface area contributed by atoms with E-state index in [4.69, 9.17) is 11.6 Å². The molecule has 0 saturated carbocycles. The van der Waals surface area contributed by atoms with Crippen molar-refractivity contribution in [2.75, 3.05) is 16.0 Å². The van der Waals surface area contributed by atoms with E-state index in [0.29, 0.717) is 16.4 Å². The van der Waals surface area contributed by atoms with Crippen LogP contribution in [0, 0.1) is 0 Å². The van der Waals surface area contributed by atoms with Gasteiger partial charge in [-0.05, 0) is 42.3 Å². The highest BCUT2D eigenvalue weighted by Crippen LogP contribution is 2.30. The molecule has 2 aromatic carbocycles. The second-order valence-electron chi connectivity index (χ2n) is 7.16. The second-order valence-corrected chi connectivity index (χ2v) is 7.59. The van der Waals surface area contributed by atoms with E-state index in [0.717, 1.165) is 12.0 Å². The van der Waals surface area contributed by atoms with Gasteiger partial charge in [0.1, 0.15) is 5.82 Å². The lowest BCUT2D eigenvalue weighted by Crippen LogP contribution is -2.36. The Hall–Kier alpha value is -3.65. The van der Waals surface area contributed by atoms with E-state index < -0.39 is 17.4 Å². The molecule has 1 aliphatic heterocycles. The highest BCUT2D eigenvalue weighted by molar-refractivity contribution is 6.30. The van der Waals surface area contributed by atoms with Gasteiger partial charge in [0.2, 0.25) is 17.8 Å². The summed E-state index contributed by atoms with van der Waals surface area (Å²) in [6, 6.07) is 14.3. The summed E-state index contributed by atoms with van der Waals surface area (Å²) >= 11 is 5.98. The van der Waals surface area contributed by atoms with Gasteiger partial charge in [0, 0.05) is 22.8 Å². The molecule has 2 amide bonds. The van der Waals surface area contributed by atoms with Crippen molar-refractivity contribution >= 4 is 46.6 Å². The number of amides is 2. The molecule has 0 fully saturated rings. The number of benzene rings is 2. The zero-order chi connectivity index (χ0) is 22.0. The summed E-state index contributed by atoms with van der Waals surface area (Å²) < 4.78 is 0. The number of aryl methyl sites for hydroxylation is 1. The maximum atomic E-state index is 12.9. The molecule has 4 rings (SSSR count). The number of aromatic nitrogens is 2. The molecule has 0 saturated heterocycles. The number of anilines is 4. The molecule has 1 atom stereocenters. The third-order valence-electron chi connectivity index (χ3n) is 4.98. The van der Waals surface area contributed by atoms with Crippen LogP contribution in [0.4, 0.5) is 23.1 Å². The van der Waals surface area contributed by atoms with Gasteiger partial charge >= 0.3 is 0 Å². The zero-order valence-corrected chi connectivity index (χ0v) is 17.4. The number of hydrogen-bond donors (Lipinski definition) is 4. The minimum atomic E-state index is -0.953. The van der Waals surface area contributed by atoms with Crippen LogP contribution in [0.2, 0.25) is 5.02 Å². The maximum absolute atomic E-state index is 12.9. The van der Waals surface area contributed by atoms with Crippen molar-refractivity contribution in [2.45, 2.75) is 25.7 Å². The number of halogens is 1. The van der Waals surface area contributed by atoms with Crippen LogP contribution in [-0.4, -0.2) is 21.8 Å². The molecule has 0 bridgehead atoms. The molecule has 9 heteroatoms. The standard InChI is InChI=1S/C22H20ClN5O3/c1-2-12-6-8-14(9-7-12)24-20(30)16-11-17(29)26-19-18(16)21(31)28-22(27-19)25-15-5-3-4-13(23)10-15/h3-10,16H,2,11H2,1H3,(H,24,30)(H3,25,26,27,28,29,31). The number of nitrogens with zero attached hydrogens (tertiary/aromatic N) is 1. The second kappa shape index (κ2) is 8.61. The predicted octanol–water partition coefficient (Wildman–Crippen LogP) is 3.79. The van der Waals surface area contributed by atoms with Crippen LogP contribution in [0.3, 0.4) is 0 Å². The van der Waals surface area contributed by atoms with Crippen LogP contribution in [0.15, 0.2) is 53.3 Å². The summed E-state index contributed by atoms with van der Waals surface area (Å²) in [5, 5.41) is 8.83. The Labute approximate surface area is 183 Å². The van der Waals surface area contributed by atoms with Crippen LogP contribution < -0.4 is 21.5 Å². The lowest BCUT2D eigenvalue weighted by molar-refractivity contribution is -0.123. The third-order valence-corrected chi connectivity index (χ3v) is 5.22. The van der Waals surface area contributed by atoms with Gasteiger partial charge in [-0.3, -0.25) is 19.4 Å². The Morgan fingerprint density at radius 3 is 2.65 bits per heavy atom. The molecule has 1 aliphatic rings. The number of carbonyl (C=O) groups is 2. The molecule has 0 spiro atoms. The van der Waals surface area contributed by atoms with E-state index in [1.807, 2.05) is 19.1 Å². The number of aromatic amines is 1. The van der Waals surface area contributed by atoms with Crippen LogP contribution in [-0.2, 0) is 16.0 Å².